The van der Waals surface area contributed by atoms with Gasteiger partial charge in [0.1, 0.15) is 48.3 Å². The molecule has 3 fully saturated rings. The highest BCUT2D eigenvalue weighted by Crippen LogP contribution is 2.35. The fraction of sp³-hybridized carbons (Fsp3) is 0.559. The molecule has 2 aromatic carbocycles. The van der Waals surface area contributed by atoms with Crippen LogP contribution in [0.15, 0.2) is 42.5 Å². The quantitative estimate of drug-likeness (QED) is 0.0569. The Labute approximate surface area is 302 Å². The van der Waals surface area contributed by atoms with Gasteiger partial charge in [-0.1, -0.05) is 12.1 Å². The van der Waals surface area contributed by atoms with Crippen molar-refractivity contribution in [1.82, 2.24) is 0 Å². The van der Waals surface area contributed by atoms with Crippen LogP contribution in [0.25, 0.3) is 6.08 Å². The second-order valence-electron chi connectivity index (χ2n) is 12.9. The lowest BCUT2D eigenvalue weighted by Crippen LogP contribution is -2.65. The Bertz CT molecular complexity index is 1570. The van der Waals surface area contributed by atoms with E-state index in [1.54, 1.807) is 0 Å². The van der Waals surface area contributed by atoms with E-state index in [4.69, 9.17) is 33.2 Å². The number of carbonyl (C=O) groups excluding carboxylic acids is 1. The zero-order valence-electron chi connectivity index (χ0n) is 28.3. The molecule has 5 rings (SSSR count). The molecular formula is C34H44O19. The summed E-state index contributed by atoms with van der Waals surface area (Å²) >= 11 is 0. The highest BCUT2D eigenvalue weighted by Gasteiger charge is 2.55. The molecule has 3 aliphatic heterocycles. The summed E-state index contributed by atoms with van der Waals surface area (Å²) in [5, 5.41) is 113. The van der Waals surface area contributed by atoms with Crippen LogP contribution in [0.1, 0.15) is 18.1 Å². The van der Waals surface area contributed by atoms with Crippen molar-refractivity contribution >= 4 is 12.0 Å². The van der Waals surface area contributed by atoms with Crippen molar-refractivity contribution in [3.8, 4) is 23.0 Å². The SMILES string of the molecule is C[C@@H]1O[C@@H](O[C@@H]2[C@@H](O)[C@H](OCCc3ccc(O)c(O)c3)O[C@H](CO)[C@H]2OC(=O)/C=C/c2ccc(O)c(O)c2)[C@H](O)[C@H](O)[C@H]1O[C@@H]1OC[C@](O)(CO)[C@H]1O. The van der Waals surface area contributed by atoms with Crippen LogP contribution in [-0.4, -0.2) is 168 Å². The average Bonchev–Trinajstić information content (AvgIpc) is 3.42. The first kappa shape index (κ1) is 40.5. The lowest BCUT2D eigenvalue weighted by molar-refractivity contribution is -0.365. The van der Waals surface area contributed by atoms with Gasteiger partial charge in [0.05, 0.1) is 32.5 Å². The Morgan fingerprint density at radius 1 is 0.830 bits per heavy atom. The van der Waals surface area contributed by atoms with Gasteiger partial charge in [-0.2, -0.15) is 0 Å². The van der Waals surface area contributed by atoms with Crippen LogP contribution in [0.4, 0.5) is 0 Å². The predicted molar refractivity (Wildman–Crippen MR) is 174 cm³/mol. The molecule has 19 heteroatoms. The van der Waals surface area contributed by atoms with Crippen molar-refractivity contribution in [2.45, 2.75) is 92.8 Å². The Morgan fingerprint density at radius 3 is 2.15 bits per heavy atom. The molecule has 3 aliphatic rings. The van der Waals surface area contributed by atoms with Crippen molar-refractivity contribution in [3.63, 3.8) is 0 Å². The summed E-state index contributed by atoms with van der Waals surface area (Å²) in [5.74, 6) is -2.54. The molecule has 2 aromatic rings. The molecular weight excluding hydrogens is 712 g/mol. The van der Waals surface area contributed by atoms with Crippen LogP contribution in [0.3, 0.4) is 0 Å². The summed E-state index contributed by atoms with van der Waals surface area (Å²) in [6, 6.07) is 7.87. The van der Waals surface area contributed by atoms with E-state index in [1.165, 1.54) is 49.4 Å². The molecule has 3 saturated heterocycles. The van der Waals surface area contributed by atoms with Gasteiger partial charge in [0.15, 0.2) is 48.0 Å². The predicted octanol–water partition coefficient (Wildman–Crippen LogP) is -2.55. The van der Waals surface area contributed by atoms with Gasteiger partial charge in [-0.05, 0) is 54.8 Å². The van der Waals surface area contributed by atoms with Crippen LogP contribution in [0.5, 0.6) is 23.0 Å². The van der Waals surface area contributed by atoms with Crippen molar-refractivity contribution in [3.05, 3.63) is 53.6 Å². The number of carbonyl (C=O) groups is 1. The minimum atomic E-state index is -2.03. The molecule has 13 atom stereocenters. The van der Waals surface area contributed by atoms with Crippen LogP contribution < -0.4 is 0 Å². The Hall–Kier alpha value is -3.67. The number of ether oxygens (including phenoxy) is 7. The Balaban J connectivity index is 1.32. The number of rotatable bonds is 13. The molecule has 0 aliphatic carbocycles. The van der Waals surface area contributed by atoms with E-state index in [0.29, 0.717) is 11.1 Å². The summed E-state index contributed by atoms with van der Waals surface area (Å²) in [5.41, 5.74) is -1.18. The van der Waals surface area contributed by atoms with Gasteiger partial charge in [-0.25, -0.2) is 4.79 Å². The van der Waals surface area contributed by atoms with Gasteiger partial charge in [-0.3, -0.25) is 0 Å². The smallest absolute Gasteiger partial charge is 0.331 e. The molecule has 53 heavy (non-hydrogen) atoms. The van der Waals surface area contributed by atoms with Gasteiger partial charge >= 0.3 is 5.97 Å². The second kappa shape index (κ2) is 17.2. The van der Waals surface area contributed by atoms with Gasteiger partial charge in [0.2, 0.25) is 0 Å². The maximum atomic E-state index is 13.0. The Morgan fingerprint density at radius 2 is 1.51 bits per heavy atom. The topological polar surface area (TPSA) is 304 Å². The van der Waals surface area contributed by atoms with Crippen LogP contribution in [-0.2, 0) is 44.4 Å². The fourth-order valence-corrected chi connectivity index (χ4v) is 6.00. The minimum absolute atomic E-state index is 0.124. The number of esters is 1. The number of aliphatic hydroxyl groups is 7. The van der Waals surface area contributed by atoms with Gasteiger partial charge in [-0.15, -0.1) is 0 Å². The maximum absolute atomic E-state index is 13.0. The lowest BCUT2D eigenvalue weighted by atomic mass is 9.96. The summed E-state index contributed by atoms with van der Waals surface area (Å²) in [6.07, 6.45) is -16.8. The largest absolute Gasteiger partial charge is 0.504 e. The van der Waals surface area contributed by atoms with Crippen LogP contribution in [0.2, 0.25) is 0 Å². The number of aliphatic hydroxyl groups excluding tert-OH is 6. The number of phenolic OH excluding ortho intramolecular Hbond substituents is 4. The standard InChI is InChI=1S/C34H44O19/c1-15-27(52-33-30(45)34(46,13-36)14-48-33)24(42)25(43)32(49-15)53-29-26(44)31(47-9-8-17-3-6-19(38)21(40)11-17)50-22(12-35)28(29)51-23(41)7-4-16-2-5-18(37)20(39)10-16/h2-7,10-11,15,22,24-33,35-40,42-46H,8-9,12-14H2,1H3/b7-4+/t15-,22+,24-,25+,26+,27-,28+,29+,30-,31+,32-,33-,34+/m0/s1. The molecule has 0 amide bonds. The maximum Gasteiger partial charge on any atom is 0.331 e. The van der Waals surface area contributed by atoms with Crippen LogP contribution >= 0.6 is 0 Å². The number of hydrogen-bond donors (Lipinski definition) is 11. The molecule has 11 N–H and O–H groups in total. The summed E-state index contributed by atoms with van der Waals surface area (Å²) < 4.78 is 39.7. The van der Waals surface area contributed by atoms with E-state index in [9.17, 15) is 61.0 Å². The van der Waals surface area contributed by atoms with Crippen molar-refractivity contribution in [2.24, 2.45) is 0 Å². The first-order chi connectivity index (χ1) is 25.1. The number of benzene rings is 2. The van der Waals surface area contributed by atoms with E-state index >= 15 is 0 Å². The molecule has 3 heterocycles. The second-order valence-corrected chi connectivity index (χ2v) is 12.9. The normalized spacial score (nSPS) is 36.2. The third kappa shape index (κ3) is 9.18. The van der Waals surface area contributed by atoms with Gasteiger partial charge < -0.3 is 89.3 Å². The third-order valence-electron chi connectivity index (χ3n) is 9.11. The summed E-state index contributed by atoms with van der Waals surface area (Å²) in [4.78, 5) is 13.0. The van der Waals surface area contributed by atoms with Crippen molar-refractivity contribution in [1.29, 1.82) is 0 Å². The van der Waals surface area contributed by atoms with E-state index in [-0.39, 0.29) is 30.3 Å². The highest BCUT2D eigenvalue weighted by molar-refractivity contribution is 5.87. The zero-order chi connectivity index (χ0) is 38.6. The minimum Gasteiger partial charge on any atom is -0.504 e. The molecule has 0 saturated carbocycles. The monoisotopic (exact) mass is 756 g/mol. The molecule has 0 aromatic heterocycles. The lowest BCUT2D eigenvalue weighted by Gasteiger charge is -2.47. The molecule has 0 spiro atoms. The summed E-state index contributed by atoms with van der Waals surface area (Å²) in [7, 11) is 0. The van der Waals surface area contributed by atoms with Crippen molar-refractivity contribution in [2.75, 3.05) is 26.4 Å². The van der Waals surface area contributed by atoms with Gasteiger partial charge in [0, 0.05) is 6.08 Å². The molecule has 0 radical (unpaired) electrons. The molecule has 294 valence electrons. The van der Waals surface area contributed by atoms with E-state index in [1.807, 2.05) is 0 Å². The third-order valence-corrected chi connectivity index (χ3v) is 9.11. The van der Waals surface area contributed by atoms with Crippen molar-refractivity contribution < 1.29 is 94.1 Å². The summed E-state index contributed by atoms with van der Waals surface area (Å²) in [6.45, 7) is -0.826. The highest BCUT2D eigenvalue weighted by atomic mass is 16.8. The number of aromatic hydroxyl groups is 4. The van der Waals surface area contributed by atoms with E-state index in [2.05, 4.69) is 0 Å². The van der Waals surface area contributed by atoms with Crippen LogP contribution in [0, 0.1) is 0 Å². The number of hydrogen-bond acceptors (Lipinski definition) is 19. The number of phenols is 4. The first-order valence-corrected chi connectivity index (χ1v) is 16.6. The first-order valence-electron chi connectivity index (χ1n) is 16.6. The van der Waals surface area contributed by atoms with Gasteiger partial charge in [0.25, 0.3) is 0 Å². The average molecular weight is 757 g/mol. The fourth-order valence-electron chi connectivity index (χ4n) is 6.00. The molecule has 19 nitrogen and oxygen atoms in total. The molecule has 0 bridgehead atoms. The van der Waals surface area contributed by atoms with E-state index in [0.717, 1.165) is 6.08 Å². The van der Waals surface area contributed by atoms with E-state index < -0.39 is 111 Å². The Kier molecular flexibility index (Phi) is 13.2. The molecule has 0 unspecified atom stereocenters. The zero-order valence-corrected chi connectivity index (χ0v) is 28.3.